The lowest BCUT2D eigenvalue weighted by molar-refractivity contribution is -0.384. The number of hydrazone groups is 1. The quantitative estimate of drug-likeness (QED) is 0.248. The van der Waals surface area contributed by atoms with Gasteiger partial charge in [0.1, 0.15) is 23.3 Å². The Balaban J connectivity index is 1.57. The number of benzene rings is 2. The molecule has 1 atom stereocenters. The first-order valence-electron chi connectivity index (χ1n) is 11.3. The highest BCUT2D eigenvalue weighted by atomic mass is 16.6. The van der Waals surface area contributed by atoms with Crippen molar-refractivity contribution < 1.29 is 23.7 Å². The van der Waals surface area contributed by atoms with Crippen molar-refractivity contribution in [3.63, 3.8) is 0 Å². The van der Waals surface area contributed by atoms with E-state index in [4.69, 9.17) is 9.15 Å². The van der Waals surface area contributed by atoms with Gasteiger partial charge in [0, 0.05) is 17.7 Å². The molecular formula is C26H28N4O6. The van der Waals surface area contributed by atoms with E-state index >= 15 is 0 Å². The van der Waals surface area contributed by atoms with E-state index in [0.29, 0.717) is 28.4 Å². The average molecular weight is 493 g/mol. The molecule has 0 spiro atoms. The number of para-hydroxylation sites is 1. The van der Waals surface area contributed by atoms with E-state index in [-0.39, 0.29) is 18.2 Å². The van der Waals surface area contributed by atoms with E-state index in [9.17, 15) is 19.7 Å². The number of nitrogens with one attached hydrogen (secondary N) is 2. The molecule has 36 heavy (non-hydrogen) atoms. The van der Waals surface area contributed by atoms with Gasteiger partial charge in [-0.05, 0) is 55.2 Å². The third-order valence-corrected chi connectivity index (χ3v) is 5.40. The predicted octanol–water partition coefficient (Wildman–Crippen LogP) is 4.14. The van der Waals surface area contributed by atoms with Crippen LogP contribution in [-0.4, -0.2) is 35.6 Å². The summed E-state index contributed by atoms with van der Waals surface area (Å²) < 4.78 is 11.3. The third-order valence-electron chi connectivity index (χ3n) is 5.40. The number of ether oxygens (including phenoxy) is 1. The number of carbonyl (C=O) groups is 2. The summed E-state index contributed by atoms with van der Waals surface area (Å²) in [7, 11) is 0. The van der Waals surface area contributed by atoms with Crippen LogP contribution in [0.15, 0.2) is 64.1 Å². The molecule has 3 rings (SSSR count). The van der Waals surface area contributed by atoms with Crippen LogP contribution in [0.1, 0.15) is 30.7 Å². The lowest BCUT2D eigenvalue weighted by atomic mass is 10.0. The second kappa shape index (κ2) is 11.8. The van der Waals surface area contributed by atoms with Crippen LogP contribution < -0.4 is 15.5 Å². The zero-order chi connectivity index (χ0) is 26.2. The maximum atomic E-state index is 12.6. The number of carbonyl (C=O) groups excluding carboxylic acids is 2. The Kier molecular flexibility index (Phi) is 8.56. The van der Waals surface area contributed by atoms with E-state index in [2.05, 4.69) is 15.8 Å². The van der Waals surface area contributed by atoms with Crippen molar-refractivity contribution in [2.45, 2.75) is 33.7 Å². The number of amides is 2. The summed E-state index contributed by atoms with van der Waals surface area (Å²) in [6, 6.07) is 14.4. The molecule has 3 aromatic rings. The number of hydrogen-bond donors (Lipinski definition) is 2. The highest BCUT2D eigenvalue weighted by molar-refractivity contribution is 5.89. The summed E-state index contributed by atoms with van der Waals surface area (Å²) in [6.07, 6.45) is 1.34. The Labute approximate surface area is 208 Å². The normalized spacial score (nSPS) is 11.9. The molecule has 0 unspecified atom stereocenters. The van der Waals surface area contributed by atoms with Gasteiger partial charge in [-0.2, -0.15) is 5.10 Å². The number of non-ortho nitro benzene ring substituents is 1. The average Bonchev–Trinajstić information content (AvgIpc) is 3.30. The van der Waals surface area contributed by atoms with Crippen LogP contribution in [0.5, 0.6) is 5.75 Å². The van der Waals surface area contributed by atoms with Gasteiger partial charge in [0.05, 0.1) is 11.1 Å². The van der Waals surface area contributed by atoms with Crippen molar-refractivity contribution in [2.75, 3.05) is 6.61 Å². The standard InChI is InChI=1S/C26H28N4O6/c1-16(2)25(28-24(31)15-35-22-8-6-5-7-17(22)3)26(32)29-27-14-20-10-12-23(36-20)21-11-9-19(30(33)34)13-18(21)4/h5-14,16,25H,15H2,1-4H3,(H,28,31)(H,29,32)/b27-14-/t25-/m0/s1. The maximum absolute atomic E-state index is 12.6. The summed E-state index contributed by atoms with van der Waals surface area (Å²) in [5.41, 5.74) is 4.73. The minimum absolute atomic E-state index is 0.000782. The number of hydrogen-bond acceptors (Lipinski definition) is 7. The van der Waals surface area contributed by atoms with Gasteiger partial charge in [-0.15, -0.1) is 0 Å². The molecule has 2 aromatic carbocycles. The second-order valence-electron chi connectivity index (χ2n) is 8.54. The van der Waals surface area contributed by atoms with Crippen molar-refractivity contribution in [1.82, 2.24) is 10.7 Å². The van der Waals surface area contributed by atoms with Gasteiger partial charge in [-0.3, -0.25) is 19.7 Å². The molecule has 10 heteroatoms. The molecule has 10 nitrogen and oxygen atoms in total. The Morgan fingerprint density at radius 3 is 2.53 bits per heavy atom. The van der Waals surface area contributed by atoms with Gasteiger partial charge in [0.25, 0.3) is 17.5 Å². The summed E-state index contributed by atoms with van der Waals surface area (Å²) in [4.78, 5) is 35.5. The van der Waals surface area contributed by atoms with E-state index in [0.717, 1.165) is 5.56 Å². The molecule has 0 aliphatic heterocycles. The van der Waals surface area contributed by atoms with Crippen molar-refractivity contribution >= 4 is 23.7 Å². The van der Waals surface area contributed by atoms with Crippen LogP contribution in [0, 0.1) is 29.9 Å². The lowest BCUT2D eigenvalue weighted by Crippen LogP contribution is -2.49. The molecule has 0 bridgehead atoms. The van der Waals surface area contributed by atoms with Gasteiger partial charge in [-0.25, -0.2) is 5.43 Å². The van der Waals surface area contributed by atoms with Crippen LogP contribution >= 0.6 is 0 Å². The number of aryl methyl sites for hydroxylation is 2. The highest BCUT2D eigenvalue weighted by Crippen LogP contribution is 2.28. The van der Waals surface area contributed by atoms with Crippen LogP contribution in [0.2, 0.25) is 0 Å². The molecule has 1 aromatic heterocycles. The fourth-order valence-corrected chi connectivity index (χ4v) is 3.45. The number of rotatable bonds is 10. The topological polar surface area (TPSA) is 136 Å². The number of nitro groups is 1. The van der Waals surface area contributed by atoms with Crippen molar-refractivity contribution in [3.05, 3.63) is 81.6 Å². The molecule has 2 N–H and O–H groups in total. The highest BCUT2D eigenvalue weighted by Gasteiger charge is 2.24. The molecule has 1 heterocycles. The van der Waals surface area contributed by atoms with Gasteiger partial charge < -0.3 is 14.5 Å². The number of nitro benzene ring substituents is 1. The molecular weight excluding hydrogens is 464 g/mol. The monoisotopic (exact) mass is 492 g/mol. The van der Waals surface area contributed by atoms with E-state index in [1.54, 1.807) is 31.2 Å². The SMILES string of the molecule is Cc1ccccc1OCC(=O)N[C@H](C(=O)N/N=C\c1ccc(-c2ccc([N+](=O)[O-])cc2C)o1)C(C)C. The number of nitrogens with zero attached hydrogens (tertiary/aromatic N) is 2. The van der Waals surface area contributed by atoms with Crippen LogP contribution in [0.25, 0.3) is 11.3 Å². The van der Waals surface area contributed by atoms with E-state index < -0.39 is 22.8 Å². The van der Waals surface area contributed by atoms with Gasteiger partial charge in [-0.1, -0.05) is 32.0 Å². The molecule has 0 fully saturated rings. The fraction of sp³-hybridized carbons (Fsp3) is 0.269. The van der Waals surface area contributed by atoms with Crippen LogP contribution in [0.4, 0.5) is 5.69 Å². The molecule has 0 saturated carbocycles. The Morgan fingerprint density at radius 2 is 1.86 bits per heavy atom. The first-order valence-corrected chi connectivity index (χ1v) is 11.3. The van der Waals surface area contributed by atoms with Crippen molar-refractivity contribution in [1.29, 1.82) is 0 Å². The Bertz CT molecular complexity index is 1280. The molecule has 188 valence electrons. The minimum Gasteiger partial charge on any atom is -0.484 e. The van der Waals surface area contributed by atoms with E-state index in [1.807, 2.05) is 39.0 Å². The Morgan fingerprint density at radius 1 is 1.11 bits per heavy atom. The van der Waals surface area contributed by atoms with Gasteiger partial charge >= 0.3 is 0 Å². The summed E-state index contributed by atoms with van der Waals surface area (Å²) in [5, 5.41) is 17.5. The molecule has 0 radical (unpaired) electrons. The molecule has 0 aliphatic carbocycles. The van der Waals surface area contributed by atoms with Gasteiger partial charge in [0.15, 0.2) is 6.61 Å². The third kappa shape index (κ3) is 6.78. The first kappa shape index (κ1) is 26.1. The maximum Gasteiger partial charge on any atom is 0.269 e. The second-order valence-corrected chi connectivity index (χ2v) is 8.54. The zero-order valence-corrected chi connectivity index (χ0v) is 20.5. The molecule has 0 aliphatic rings. The molecule has 0 saturated heterocycles. The lowest BCUT2D eigenvalue weighted by Gasteiger charge is -2.20. The zero-order valence-electron chi connectivity index (χ0n) is 20.5. The number of furan rings is 1. The van der Waals surface area contributed by atoms with Crippen LogP contribution in [-0.2, 0) is 9.59 Å². The summed E-state index contributed by atoms with van der Waals surface area (Å²) in [5.74, 6) is 0.386. The van der Waals surface area contributed by atoms with Crippen molar-refractivity contribution in [3.8, 4) is 17.1 Å². The largest absolute Gasteiger partial charge is 0.484 e. The van der Waals surface area contributed by atoms with Crippen LogP contribution in [0.3, 0.4) is 0 Å². The Hall–Kier alpha value is -4.47. The van der Waals surface area contributed by atoms with Gasteiger partial charge in [0.2, 0.25) is 0 Å². The first-order chi connectivity index (χ1) is 17.2. The smallest absolute Gasteiger partial charge is 0.269 e. The predicted molar refractivity (Wildman–Crippen MR) is 135 cm³/mol. The minimum atomic E-state index is -0.815. The summed E-state index contributed by atoms with van der Waals surface area (Å²) in [6.45, 7) is 7.03. The van der Waals surface area contributed by atoms with E-state index in [1.165, 1.54) is 18.3 Å². The molecule has 2 amide bonds. The van der Waals surface area contributed by atoms with Crippen molar-refractivity contribution in [2.24, 2.45) is 11.0 Å². The summed E-state index contributed by atoms with van der Waals surface area (Å²) >= 11 is 0. The fourth-order valence-electron chi connectivity index (χ4n) is 3.45.